The van der Waals surface area contributed by atoms with Crippen molar-refractivity contribution in [2.45, 2.75) is 26.3 Å². The number of halogens is 2. The highest BCUT2D eigenvalue weighted by Crippen LogP contribution is 2.25. The quantitative estimate of drug-likeness (QED) is 0.820. The number of rotatable bonds is 4. The molecule has 0 aliphatic rings. The first kappa shape index (κ1) is 12.5. The number of aromatic nitrogens is 1. The lowest BCUT2D eigenvalue weighted by molar-refractivity contribution is -0.136. The highest BCUT2D eigenvalue weighted by molar-refractivity contribution is 5.71. The number of nitrogens with zero attached hydrogens (tertiary/aromatic N) is 1. The topological polar surface area (TPSA) is 76.2 Å². The van der Waals surface area contributed by atoms with Gasteiger partial charge in [0, 0.05) is 17.8 Å². The molecule has 0 unspecified atom stereocenters. The molecule has 6 heteroatoms. The van der Waals surface area contributed by atoms with E-state index in [1.54, 1.807) is 0 Å². The first-order valence-corrected chi connectivity index (χ1v) is 4.65. The van der Waals surface area contributed by atoms with Gasteiger partial charge < -0.3 is 10.8 Å². The number of aryl methyl sites for hydroxylation is 1. The van der Waals surface area contributed by atoms with Crippen LogP contribution in [0.15, 0.2) is 6.07 Å². The minimum absolute atomic E-state index is 0.0495. The number of alkyl halides is 2. The van der Waals surface area contributed by atoms with Gasteiger partial charge in [0.2, 0.25) is 0 Å². The Kier molecular flexibility index (Phi) is 3.89. The largest absolute Gasteiger partial charge is 0.481 e. The third-order valence-electron chi connectivity index (χ3n) is 2.19. The number of hydrogen-bond acceptors (Lipinski definition) is 3. The molecule has 0 saturated heterocycles. The Morgan fingerprint density at radius 2 is 2.25 bits per heavy atom. The molecule has 1 aromatic heterocycles. The van der Waals surface area contributed by atoms with Gasteiger partial charge in [0.1, 0.15) is 0 Å². The van der Waals surface area contributed by atoms with Crippen molar-refractivity contribution in [3.8, 4) is 0 Å². The van der Waals surface area contributed by atoms with E-state index in [1.807, 2.05) is 0 Å². The van der Waals surface area contributed by atoms with Gasteiger partial charge in [-0.15, -0.1) is 0 Å². The van der Waals surface area contributed by atoms with E-state index in [4.69, 9.17) is 10.8 Å². The Hall–Kier alpha value is -1.56. The molecular weight excluding hydrogens is 218 g/mol. The van der Waals surface area contributed by atoms with E-state index in [-0.39, 0.29) is 17.7 Å². The predicted octanol–water partition coefficient (Wildman–Crippen LogP) is 1.41. The standard InChI is InChI=1S/C10H12F2N2O2/c1-5-7(3-9(15)16)8(10(11)12)2-6(4-13)14-5/h2,10H,3-4,13H2,1H3,(H,15,16). The zero-order valence-corrected chi connectivity index (χ0v) is 8.70. The molecule has 0 bridgehead atoms. The first-order valence-electron chi connectivity index (χ1n) is 4.65. The third kappa shape index (κ3) is 2.73. The number of nitrogens with two attached hydrogens (primary N) is 1. The normalized spacial score (nSPS) is 10.8. The van der Waals surface area contributed by atoms with Crippen LogP contribution >= 0.6 is 0 Å². The SMILES string of the molecule is Cc1nc(CN)cc(C(F)F)c1CC(=O)O. The van der Waals surface area contributed by atoms with Crippen LogP contribution in [-0.2, 0) is 17.8 Å². The molecule has 0 saturated carbocycles. The van der Waals surface area contributed by atoms with Crippen LogP contribution in [0.2, 0.25) is 0 Å². The summed E-state index contributed by atoms with van der Waals surface area (Å²) < 4.78 is 25.4. The van der Waals surface area contributed by atoms with Gasteiger partial charge in [0.15, 0.2) is 0 Å². The number of carboxylic acid groups (broad SMARTS) is 1. The molecule has 1 rings (SSSR count). The van der Waals surface area contributed by atoms with Crippen molar-refractivity contribution in [1.29, 1.82) is 0 Å². The second-order valence-corrected chi connectivity index (χ2v) is 3.34. The van der Waals surface area contributed by atoms with Crippen LogP contribution in [0.25, 0.3) is 0 Å². The summed E-state index contributed by atoms with van der Waals surface area (Å²) in [6.45, 7) is 1.55. The van der Waals surface area contributed by atoms with Gasteiger partial charge in [-0.3, -0.25) is 9.78 Å². The molecule has 0 aromatic carbocycles. The van der Waals surface area contributed by atoms with Gasteiger partial charge in [-0.05, 0) is 18.6 Å². The van der Waals surface area contributed by atoms with Gasteiger partial charge in [-0.2, -0.15) is 0 Å². The van der Waals surface area contributed by atoms with Crippen LogP contribution in [-0.4, -0.2) is 16.1 Å². The first-order chi connectivity index (χ1) is 7.45. The summed E-state index contributed by atoms with van der Waals surface area (Å²) in [4.78, 5) is 14.5. The van der Waals surface area contributed by atoms with Crippen LogP contribution in [0.4, 0.5) is 8.78 Å². The maximum Gasteiger partial charge on any atom is 0.307 e. The minimum atomic E-state index is -2.72. The number of aliphatic carboxylic acids is 1. The molecule has 16 heavy (non-hydrogen) atoms. The van der Waals surface area contributed by atoms with Gasteiger partial charge >= 0.3 is 5.97 Å². The Bertz CT molecular complexity index is 408. The Balaban J connectivity index is 3.27. The molecule has 0 aliphatic heterocycles. The van der Waals surface area contributed by atoms with E-state index in [0.29, 0.717) is 11.4 Å². The fraction of sp³-hybridized carbons (Fsp3) is 0.400. The van der Waals surface area contributed by atoms with E-state index in [0.717, 1.165) is 6.07 Å². The number of carbonyl (C=O) groups is 1. The van der Waals surface area contributed by atoms with E-state index in [1.165, 1.54) is 6.92 Å². The lowest BCUT2D eigenvalue weighted by atomic mass is 10.0. The Labute approximate surface area is 91.1 Å². The van der Waals surface area contributed by atoms with E-state index >= 15 is 0 Å². The molecule has 4 nitrogen and oxygen atoms in total. The molecule has 0 radical (unpaired) electrons. The summed E-state index contributed by atoms with van der Waals surface area (Å²) in [5.41, 5.74) is 5.72. The van der Waals surface area contributed by atoms with Crippen molar-refractivity contribution in [3.05, 3.63) is 28.6 Å². The van der Waals surface area contributed by atoms with Crippen molar-refractivity contribution < 1.29 is 18.7 Å². The van der Waals surface area contributed by atoms with Crippen LogP contribution in [0.3, 0.4) is 0 Å². The molecule has 1 heterocycles. The predicted molar refractivity (Wildman–Crippen MR) is 53.2 cm³/mol. The van der Waals surface area contributed by atoms with E-state index < -0.39 is 18.8 Å². The van der Waals surface area contributed by atoms with Gasteiger partial charge in [-0.1, -0.05) is 0 Å². The smallest absolute Gasteiger partial charge is 0.307 e. The molecule has 0 atom stereocenters. The van der Waals surface area contributed by atoms with Crippen molar-refractivity contribution in [1.82, 2.24) is 4.98 Å². The summed E-state index contributed by atoms with van der Waals surface area (Å²) in [6.07, 6.45) is -3.18. The highest BCUT2D eigenvalue weighted by Gasteiger charge is 2.18. The van der Waals surface area contributed by atoms with Crippen molar-refractivity contribution in [2.24, 2.45) is 5.73 Å². The number of hydrogen-bond donors (Lipinski definition) is 2. The van der Waals surface area contributed by atoms with Crippen molar-refractivity contribution in [2.75, 3.05) is 0 Å². The maximum atomic E-state index is 12.7. The molecule has 0 spiro atoms. The van der Waals surface area contributed by atoms with Gasteiger partial charge in [0.25, 0.3) is 6.43 Å². The van der Waals surface area contributed by atoms with E-state index in [2.05, 4.69) is 4.98 Å². The van der Waals surface area contributed by atoms with Gasteiger partial charge in [0.05, 0.1) is 12.1 Å². The lowest BCUT2D eigenvalue weighted by Gasteiger charge is -2.11. The number of pyridine rings is 1. The zero-order chi connectivity index (χ0) is 12.3. The average molecular weight is 230 g/mol. The maximum absolute atomic E-state index is 12.7. The molecule has 0 fully saturated rings. The molecular formula is C10H12F2N2O2. The monoisotopic (exact) mass is 230 g/mol. The van der Waals surface area contributed by atoms with E-state index in [9.17, 15) is 13.6 Å². The van der Waals surface area contributed by atoms with Gasteiger partial charge in [-0.25, -0.2) is 8.78 Å². The highest BCUT2D eigenvalue weighted by atomic mass is 19.3. The fourth-order valence-corrected chi connectivity index (χ4v) is 1.47. The summed E-state index contributed by atoms with van der Waals surface area (Å²) in [7, 11) is 0. The third-order valence-corrected chi connectivity index (χ3v) is 2.19. The zero-order valence-electron chi connectivity index (χ0n) is 8.70. The van der Waals surface area contributed by atoms with Crippen LogP contribution < -0.4 is 5.73 Å². The second kappa shape index (κ2) is 4.98. The average Bonchev–Trinajstić information content (AvgIpc) is 2.19. The second-order valence-electron chi connectivity index (χ2n) is 3.34. The number of carboxylic acids is 1. The molecule has 0 aliphatic carbocycles. The van der Waals surface area contributed by atoms with Crippen LogP contribution in [0, 0.1) is 6.92 Å². The molecule has 88 valence electrons. The minimum Gasteiger partial charge on any atom is -0.481 e. The lowest BCUT2D eigenvalue weighted by Crippen LogP contribution is -2.11. The summed E-state index contributed by atoms with van der Waals surface area (Å²) in [5.74, 6) is -1.16. The Morgan fingerprint density at radius 1 is 1.62 bits per heavy atom. The molecule has 0 amide bonds. The molecule has 1 aromatic rings. The Morgan fingerprint density at radius 3 is 2.69 bits per heavy atom. The fourth-order valence-electron chi connectivity index (χ4n) is 1.47. The van der Waals surface area contributed by atoms with Crippen LogP contribution in [0.5, 0.6) is 0 Å². The summed E-state index contributed by atoms with van der Waals surface area (Å²) in [5, 5.41) is 8.63. The van der Waals surface area contributed by atoms with Crippen LogP contribution in [0.1, 0.15) is 28.9 Å². The summed E-state index contributed by atoms with van der Waals surface area (Å²) >= 11 is 0. The van der Waals surface area contributed by atoms with Crippen molar-refractivity contribution >= 4 is 5.97 Å². The summed E-state index contributed by atoms with van der Waals surface area (Å²) in [6, 6.07) is 1.16. The molecule has 3 N–H and O–H groups in total. The van der Waals surface area contributed by atoms with Crippen molar-refractivity contribution in [3.63, 3.8) is 0 Å².